The maximum Gasteiger partial charge on any atom is 0.253 e. The highest BCUT2D eigenvalue weighted by atomic mass is 35.5. The Hall–Kier alpha value is -1.46. The lowest BCUT2D eigenvalue weighted by molar-refractivity contribution is -0.125. The highest BCUT2D eigenvalue weighted by Crippen LogP contribution is 2.24. The van der Waals surface area contributed by atoms with Gasteiger partial charge in [0.2, 0.25) is 0 Å². The molecular formula is C12H19ClN2O3. The Labute approximate surface area is 113 Å². The van der Waals surface area contributed by atoms with Gasteiger partial charge in [0.25, 0.3) is 5.91 Å². The van der Waals surface area contributed by atoms with Gasteiger partial charge in [-0.25, -0.2) is 0 Å². The molecule has 0 bridgehead atoms. The van der Waals surface area contributed by atoms with E-state index < -0.39 is 6.10 Å². The maximum absolute atomic E-state index is 11.8. The smallest absolute Gasteiger partial charge is 0.253 e. The number of benzene rings is 1. The minimum Gasteiger partial charge on any atom is -0.497 e. The van der Waals surface area contributed by atoms with Gasteiger partial charge in [-0.15, -0.1) is 12.4 Å². The van der Waals surface area contributed by atoms with E-state index in [9.17, 15) is 4.79 Å². The van der Waals surface area contributed by atoms with Crippen LogP contribution in [0.5, 0.6) is 5.75 Å². The second-order valence-corrected chi connectivity index (χ2v) is 3.58. The second kappa shape index (κ2) is 7.79. The molecule has 0 fully saturated rings. The number of amides is 1. The van der Waals surface area contributed by atoms with Gasteiger partial charge in [0, 0.05) is 13.2 Å². The molecule has 5 nitrogen and oxygen atoms in total. The molecule has 0 heterocycles. The fourth-order valence-corrected chi connectivity index (χ4v) is 1.44. The summed E-state index contributed by atoms with van der Waals surface area (Å²) in [6.45, 7) is 1.88. The Kier molecular flexibility index (Phi) is 7.16. The summed E-state index contributed by atoms with van der Waals surface area (Å²) in [5, 5.41) is 2.72. The monoisotopic (exact) mass is 274 g/mol. The largest absolute Gasteiger partial charge is 0.497 e. The van der Waals surface area contributed by atoms with Gasteiger partial charge in [-0.2, -0.15) is 0 Å². The predicted octanol–water partition coefficient (Wildman–Crippen LogP) is 2.06. The third-order valence-electron chi connectivity index (χ3n) is 2.47. The predicted molar refractivity (Wildman–Crippen MR) is 74.4 cm³/mol. The average molecular weight is 275 g/mol. The molecule has 1 aromatic carbocycles. The van der Waals surface area contributed by atoms with Crippen molar-refractivity contribution >= 4 is 29.7 Å². The fraction of sp³-hybridized carbons (Fsp3) is 0.417. The number of nitrogen functional groups attached to an aromatic ring is 1. The van der Waals surface area contributed by atoms with Crippen molar-refractivity contribution in [3.63, 3.8) is 0 Å². The quantitative estimate of drug-likeness (QED) is 0.806. The number of methoxy groups -OCH3 is 2. The molecule has 0 aromatic heterocycles. The van der Waals surface area contributed by atoms with Crippen molar-refractivity contribution in [1.82, 2.24) is 0 Å². The zero-order chi connectivity index (χ0) is 12.8. The molecule has 6 heteroatoms. The normalized spacial score (nSPS) is 11.3. The molecule has 0 saturated heterocycles. The standard InChI is InChI=1S/C12H18N2O3.ClH/c1-4-11(17-3)12(15)14-10-7-8(16-2)5-6-9(10)13;/h5-7,11H,4,13H2,1-3H3,(H,14,15);1H. The van der Waals surface area contributed by atoms with Crippen molar-refractivity contribution in [1.29, 1.82) is 0 Å². The molecule has 1 unspecified atom stereocenters. The highest BCUT2D eigenvalue weighted by molar-refractivity contribution is 5.96. The molecule has 0 aliphatic heterocycles. The van der Waals surface area contributed by atoms with Crippen LogP contribution in [0.3, 0.4) is 0 Å². The van der Waals surface area contributed by atoms with Crippen LogP contribution in [0.25, 0.3) is 0 Å². The molecule has 0 spiro atoms. The lowest BCUT2D eigenvalue weighted by Crippen LogP contribution is -2.29. The molecule has 18 heavy (non-hydrogen) atoms. The Bertz CT molecular complexity index is 395. The van der Waals surface area contributed by atoms with E-state index in [1.54, 1.807) is 25.3 Å². The van der Waals surface area contributed by atoms with Crippen LogP contribution in [-0.2, 0) is 9.53 Å². The van der Waals surface area contributed by atoms with Crippen LogP contribution < -0.4 is 15.8 Å². The van der Waals surface area contributed by atoms with Crippen molar-refractivity contribution in [2.45, 2.75) is 19.4 Å². The van der Waals surface area contributed by atoms with Gasteiger partial charge in [0.15, 0.2) is 0 Å². The van der Waals surface area contributed by atoms with Gasteiger partial charge in [0.05, 0.1) is 18.5 Å². The first-order valence-corrected chi connectivity index (χ1v) is 5.39. The van der Waals surface area contributed by atoms with E-state index in [1.165, 1.54) is 7.11 Å². The number of hydrogen-bond donors (Lipinski definition) is 2. The molecule has 0 aliphatic rings. The van der Waals surface area contributed by atoms with E-state index in [1.807, 2.05) is 6.92 Å². The summed E-state index contributed by atoms with van der Waals surface area (Å²) < 4.78 is 10.1. The first-order chi connectivity index (χ1) is 8.12. The summed E-state index contributed by atoms with van der Waals surface area (Å²) in [5.74, 6) is 0.426. The Morgan fingerprint density at radius 2 is 2.11 bits per heavy atom. The summed E-state index contributed by atoms with van der Waals surface area (Å²) in [7, 11) is 3.06. The average Bonchev–Trinajstić information content (AvgIpc) is 2.33. The number of hydrogen-bond acceptors (Lipinski definition) is 4. The van der Waals surface area contributed by atoms with Gasteiger partial charge in [-0.1, -0.05) is 6.92 Å². The molecule has 0 saturated carbocycles. The van der Waals surface area contributed by atoms with Crippen LogP contribution in [0.2, 0.25) is 0 Å². The summed E-state index contributed by atoms with van der Waals surface area (Å²) in [4.78, 5) is 11.8. The summed E-state index contributed by atoms with van der Waals surface area (Å²) >= 11 is 0. The van der Waals surface area contributed by atoms with E-state index in [2.05, 4.69) is 5.32 Å². The molecule has 0 radical (unpaired) electrons. The van der Waals surface area contributed by atoms with Gasteiger partial charge >= 0.3 is 0 Å². The molecule has 3 N–H and O–H groups in total. The number of halogens is 1. The Balaban J connectivity index is 0.00000289. The molecule has 1 aromatic rings. The van der Waals surface area contributed by atoms with Crippen LogP contribution in [0.1, 0.15) is 13.3 Å². The van der Waals surface area contributed by atoms with Crippen molar-refractivity contribution in [3.8, 4) is 5.75 Å². The highest BCUT2D eigenvalue weighted by Gasteiger charge is 2.16. The number of carbonyl (C=O) groups excluding carboxylic acids is 1. The van der Waals surface area contributed by atoms with Crippen LogP contribution in [0, 0.1) is 0 Å². The third kappa shape index (κ3) is 4.09. The first kappa shape index (κ1) is 16.5. The van der Waals surface area contributed by atoms with Crippen LogP contribution in [-0.4, -0.2) is 26.2 Å². The zero-order valence-corrected chi connectivity index (χ0v) is 11.5. The zero-order valence-electron chi connectivity index (χ0n) is 10.7. The Morgan fingerprint density at radius 1 is 1.44 bits per heavy atom. The van der Waals surface area contributed by atoms with Gasteiger partial charge < -0.3 is 20.5 Å². The van der Waals surface area contributed by atoms with Crippen LogP contribution >= 0.6 is 12.4 Å². The fourth-order valence-electron chi connectivity index (χ4n) is 1.44. The number of ether oxygens (including phenoxy) is 2. The minimum absolute atomic E-state index is 0. The van der Waals surface area contributed by atoms with E-state index in [0.717, 1.165) is 0 Å². The van der Waals surface area contributed by atoms with E-state index in [0.29, 0.717) is 23.5 Å². The molecule has 102 valence electrons. The minimum atomic E-state index is -0.472. The summed E-state index contributed by atoms with van der Waals surface area (Å²) in [5.41, 5.74) is 6.79. The summed E-state index contributed by atoms with van der Waals surface area (Å²) in [6.07, 6.45) is 0.132. The van der Waals surface area contributed by atoms with E-state index in [4.69, 9.17) is 15.2 Å². The van der Waals surface area contributed by atoms with Crippen LogP contribution in [0.15, 0.2) is 18.2 Å². The molecule has 0 aliphatic carbocycles. The molecule has 1 amide bonds. The number of nitrogens with one attached hydrogen (secondary N) is 1. The lowest BCUT2D eigenvalue weighted by atomic mass is 10.2. The van der Waals surface area contributed by atoms with Gasteiger partial charge in [-0.3, -0.25) is 4.79 Å². The van der Waals surface area contributed by atoms with Gasteiger partial charge in [-0.05, 0) is 18.6 Å². The number of rotatable bonds is 5. The van der Waals surface area contributed by atoms with Crippen molar-refractivity contribution in [2.75, 3.05) is 25.3 Å². The third-order valence-corrected chi connectivity index (χ3v) is 2.47. The van der Waals surface area contributed by atoms with Crippen molar-refractivity contribution < 1.29 is 14.3 Å². The molecule has 1 rings (SSSR count). The van der Waals surface area contributed by atoms with Crippen LogP contribution in [0.4, 0.5) is 11.4 Å². The SMILES string of the molecule is CCC(OC)C(=O)Nc1cc(OC)ccc1N.Cl. The molecule has 1 atom stereocenters. The number of nitrogens with two attached hydrogens (primary N) is 1. The van der Waals surface area contributed by atoms with E-state index >= 15 is 0 Å². The topological polar surface area (TPSA) is 73.6 Å². The number of anilines is 2. The second-order valence-electron chi connectivity index (χ2n) is 3.58. The maximum atomic E-state index is 11.8. The van der Waals surface area contributed by atoms with Crippen molar-refractivity contribution in [2.24, 2.45) is 0 Å². The Morgan fingerprint density at radius 3 is 2.61 bits per heavy atom. The van der Waals surface area contributed by atoms with Gasteiger partial charge in [0.1, 0.15) is 11.9 Å². The van der Waals surface area contributed by atoms with Crippen molar-refractivity contribution in [3.05, 3.63) is 18.2 Å². The first-order valence-electron chi connectivity index (χ1n) is 5.39. The number of carbonyl (C=O) groups is 1. The molecular weight excluding hydrogens is 256 g/mol. The summed E-state index contributed by atoms with van der Waals surface area (Å²) in [6, 6.07) is 5.09. The lowest BCUT2D eigenvalue weighted by Gasteiger charge is -2.15. The van der Waals surface area contributed by atoms with E-state index in [-0.39, 0.29) is 18.3 Å².